The van der Waals surface area contributed by atoms with Crippen molar-refractivity contribution in [1.29, 1.82) is 4.78 Å². The van der Waals surface area contributed by atoms with Crippen molar-refractivity contribution in [1.82, 2.24) is 0 Å². The minimum atomic E-state index is -2.75. The zero-order chi connectivity index (χ0) is 24.5. The second kappa shape index (κ2) is 10.1. The molecule has 0 unspecified atom stereocenters. The molecule has 0 radical (unpaired) electrons. The van der Waals surface area contributed by atoms with Crippen LogP contribution in [-0.4, -0.2) is 32.4 Å². The van der Waals surface area contributed by atoms with Gasteiger partial charge < -0.3 is 10.2 Å². The molecule has 5 heteroatoms. The topological polar surface area (TPSA) is 81.4 Å². The average Bonchev–Trinajstić information content (AvgIpc) is 3.17. The van der Waals surface area contributed by atoms with Crippen molar-refractivity contribution in [2.75, 3.05) is 5.75 Å². The van der Waals surface area contributed by atoms with Gasteiger partial charge in [0.2, 0.25) is 0 Å². The van der Waals surface area contributed by atoms with Gasteiger partial charge in [0, 0.05) is 17.1 Å². The van der Waals surface area contributed by atoms with Gasteiger partial charge in [-0.2, -0.15) is 0 Å². The van der Waals surface area contributed by atoms with Crippen LogP contribution in [0.25, 0.3) is 0 Å². The number of rotatable bonds is 6. The van der Waals surface area contributed by atoms with E-state index in [9.17, 15) is 14.4 Å². The average molecular weight is 484 g/mol. The summed E-state index contributed by atoms with van der Waals surface area (Å²) >= 11 is 0. The van der Waals surface area contributed by atoms with Gasteiger partial charge >= 0.3 is 0 Å². The highest BCUT2D eigenvalue weighted by molar-refractivity contribution is 7.92. The van der Waals surface area contributed by atoms with Gasteiger partial charge in [-0.1, -0.05) is 56.4 Å². The van der Waals surface area contributed by atoms with Gasteiger partial charge in [-0.25, -0.2) is 8.99 Å². The SMILES string of the molecule is C=C1/C(=C\C=C2/CCC[C@]3(C)[C@@H]([C@H](C)CC[S@@](=N)(=O)c4ccccc4)CC[C@@H]23)C[C@@H](O)C[C@@H]1O. The van der Waals surface area contributed by atoms with Gasteiger partial charge in [0.1, 0.15) is 0 Å². The molecule has 3 saturated carbocycles. The highest BCUT2D eigenvalue weighted by Gasteiger charge is 2.50. The quantitative estimate of drug-likeness (QED) is 0.447. The zero-order valence-corrected chi connectivity index (χ0v) is 21.5. The molecule has 0 amide bonds. The predicted molar refractivity (Wildman–Crippen MR) is 139 cm³/mol. The third-order valence-electron chi connectivity index (χ3n) is 8.97. The number of allylic oxidation sites excluding steroid dienone is 3. The first-order chi connectivity index (χ1) is 16.1. The minimum Gasteiger partial charge on any atom is -0.393 e. The lowest BCUT2D eigenvalue weighted by molar-refractivity contribution is 0.0861. The lowest BCUT2D eigenvalue weighted by Crippen LogP contribution is -2.36. The fourth-order valence-electron chi connectivity index (χ4n) is 6.99. The number of benzene rings is 1. The fourth-order valence-corrected chi connectivity index (χ4v) is 8.53. The third kappa shape index (κ3) is 5.12. The lowest BCUT2D eigenvalue weighted by Gasteiger charge is -2.44. The maximum absolute atomic E-state index is 13.0. The van der Waals surface area contributed by atoms with Crippen LogP contribution in [0.15, 0.2) is 70.7 Å². The summed E-state index contributed by atoms with van der Waals surface area (Å²) in [6, 6.07) is 9.27. The molecule has 0 aromatic heterocycles. The molecule has 3 fully saturated rings. The van der Waals surface area contributed by atoms with Gasteiger partial charge in [-0.05, 0) is 91.4 Å². The first-order valence-electron chi connectivity index (χ1n) is 12.9. The van der Waals surface area contributed by atoms with E-state index in [0.29, 0.717) is 41.2 Å². The Kier molecular flexibility index (Phi) is 7.56. The van der Waals surface area contributed by atoms with Crippen molar-refractivity contribution in [2.24, 2.45) is 23.2 Å². The standard InChI is InChI=1S/C29H41NO3S/c1-20(15-17-34(30,33)25-9-5-4-6-10-25)26-13-14-27-22(8-7-16-29(26,27)3)11-12-23-18-24(31)19-28(32)21(23)2/h4-6,9-12,20,24,26-28,30-32H,2,7-8,13-19H2,1,3H3/b22-11+,23-12-/t20-,24-,26-,27+,28+,29-,34-/m1/s1. The normalized spacial score (nSPS) is 36.9. The molecule has 186 valence electrons. The van der Waals surface area contributed by atoms with Gasteiger partial charge in [-0.3, -0.25) is 0 Å². The maximum atomic E-state index is 13.0. The summed E-state index contributed by atoms with van der Waals surface area (Å²) in [5, 5.41) is 20.2. The van der Waals surface area contributed by atoms with Gasteiger partial charge in [-0.15, -0.1) is 0 Å². The number of hydrogen-bond acceptors (Lipinski definition) is 4. The highest BCUT2D eigenvalue weighted by atomic mass is 32.2. The molecule has 3 aliphatic carbocycles. The van der Waals surface area contributed by atoms with Crippen LogP contribution < -0.4 is 0 Å². The number of nitrogens with one attached hydrogen (secondary N) is 1. The van der Waals surface area contributed by atoms with E-state index in [1.807, 2.05) is 30.3 Å². The van der Waals surface area contributed by atoms with E-state index in [0.717, 1.165) is 24.0 Å². The van der Waals surface area contributed by atoms with Gasteiger partial charge in [0.15, 0.2) is 0 Å². The van der Waals surface area contributed by atoms with Crippen molar-refractivity contribution in [2.45, 2.75) is 82.3 Å². The molecule has 1 aromatic rings. The summed E-state index contributed by atoms with van der Waals surface area (Å²) in [5.74, 6) is 1.99. The Morgan fingerprint density at radius 1 is 1.24 bits per heavy atom. The van der Waals surface area contributed by atoms with E-state index in [1.165, 1.54) is 31.3 Å². The Balaban J connectivity index is 1.46. The number of fused-ring (bicyclic) bond motifs is 1. The summed E-state index contributed by atoms with van der Waals surface area (Å²) in [5.41, 5.74) is 3.45. The monoisotopic (exact) mass is 483 g/mol. The smallest absolute Gasteiger partial charge is 0.0811 e. The fraction of sp³-hybridized carbons (Fsp3) is 0.586. The van der Waals surface area contributed by atoms with E-state index in [2.05, 4.69) is 32.6 Å². The van der Waals surface area contributed by atoms with Crippen LogP contribution >= 0.6 is 0 Å². The zero-order valence-electron chi connectivity index (χ0n) is 20.7. The summed E-state index contributed by atoms with van der Waals surface area (Å²) in [4.78, 5) is 0.646. The van der Waals surface area contributed by atoms with Gasteiger partial charge in [0.05, 0.1) is 21.9 Å². The largest absolute Gasteiger partial charge is 0.393 e. The molecule has 3 aliphatic rings. The number of hydrogen-bond donors (Lipinski definition) is 3. The van der Waals surface area contributed by atoms with E-state index in [-0.39, 0.29) is 5.41 Å². The summed E-state index contributed by atoms with van der Waals surface area (Å²) in [6.07, 6.45) is 10.8. The Morgan fingerprint density at radius 2 is 1.97 bits per heavy atom. The molecule has 0 heterocycles. The first-order valence-corrected chi connectivity index (χ1v) is 14.6. The molecule has 7 atom stereocenters. The van der Waals surface area contributed by atoms with Crippen LogP contribution in [0.3, 0.4) is 0 Å². The van der Waals surface area contributed by atoms with E-state index >= 15 is 0 Å². The van der Waals surface area contributed by atoms with Crippen LogP contribution in [0.4, 0.5) is 0 Å². The van der Waals surface area contributed by atoms with E-state index in [4.69, 9.17) is 4.78 Å². The Labute approximate surface area is 205 Å². The van der Waals surface area contributed by atoms with Crippen LogP contribution in [0.5, 0.6) is 0 Å². The van der Waals surface area contributed by atoms with Gasteiger partial charge in [0.25, 0.3) is 0 Å². The number of aliphatic hydroxyl groups is 2. The van der Waals surface area contributed by atoms with Crippen LogP contribution in [0, 0.1) is 27.9 Å². The van der Waals surface area contributed by atoms with Crippen molar-refractivity contribution >= 4 is 9.73 Å². The van der Waals surface area contributed by atoms with Crippen LogP contribution in [-0.2, 0) is 9.73 Å². The summed E-state index contributed by atoms with van der Waals surface area (Å²) in [6.45, 7) is 8.81. The first kappa shape index (κ1) is 25.4. The Morgan fingerprint density at radius 3 is 2.71 bits per heavy atom. The molecular weight excluding hydrogens is 442 g/mol. The Bertz CT molecular complexity index is 1060. The number of aliphatic hydroxyl groups excluding tert-OH is 2. The molecule has 0 spiro atoms. The van der Waals surface area contributed by atoms with Crippen molar-refractivity contribution in [3.05, 3.63) is 65.8 Å². The van der Waals surface area contributed by atoms with Crippen molar-refractivity contribution in [3.8, 4) is 0 Å². The minimum absolute atomic E-state index is 0.236. The summed E-state index contributed by atoms with van der Waals surface area (Å²) in [7, 11) is -2.75. The Hall–Kier alpha value is -1.69. The maximum Gasteiger partial charge on any atom is 0.0811 e. The molecule has 0 aliphatic heterocycles. The predicted octanol–water partition coefficient (Wildman–Crippen LogP) is 6.26. The van der Waals surface area contributed by atoms with E-state index < -0.39 is 21.9 Å². The molecule has 1 aromatic carbocycles. The molecule has 4 nitrogen and oxygen atoms in total. The molecule has 4 rings (SSSR count). The third-order valence-corrected chi connectivity index (χ3v) is 10.8. The van der Waals surface area contributed by atoms with Crippen LogP contribution in [0.1, 0.15) is 65.2 Å². The molecule has 0 saturated heterocycles. The molecule has 0 bridgehead atoms. The molecular formula is C29H41NO3S. The second-order valence-electron chi connectivity index (χ2n) is 11.1. The highest BCUT2D eigenvalue weighted by Crippen LogP contribution is 2.59. The summed E-state index contributed by atoms with van der Waals surface area (Å²) < 4.78 is 21.5. The van der Waals surface area contributed by atoms with Crippen LogP contribution in [0.2, 0.25) is 0 Å². The van der Waals surface area contributed by atoms with E-state index in [1.54, 1.807) is 0 Å². The van der Waals surface area contributed by atoms with Crippen molar-refractivity contribution in [3.63, 3.8) is 0 Å². The second-order valence-corrected chi connectivity index (χ2v) is 13.4. The lowest BCUT2D eigenvalue weighted by atomic mass is 9.61. The molecule has 3 N–H and O–H groups in total. The molecule has 34 heavy (non-hydrogen) atoms. The van der Waals surface area contributed by atoms with Crippen molar-refractivity contribution < 1.29 is 14.4 Å².